The molecule has 37 heavy (non-hydrogen) atoms. The lowest BCUT2D eigenvalue weighted by Gasteiger charge is -2.33. The molecule has 0 amide bonds. The van der Waals surface area contributed by atoms with Crippen molar-refractivity contribution in [2.45, 2.75) is 159 Å². The van der Waals surface area contributed by atoms with Crippen molar-refractivity contribution in [3.8, 4) is 0 Å². The first kappa shape index (κ1) is 36.6. The molecule has 0 spiro atoms. The van der Waals surface area contributed by atoms with Crippen molar-refractivity contribution in [3.05, 3.63) is 0 Å². The molecule has 0 bridgehead atoms. The summed E-state index contributed by atoms with van der Waals surface area (Å²) in [7, 11) is 0. The fourth-order valence-electron chi connectivity index (χ4n) is 4.56. The molecule has 0 rings (SSSR count). The van der Waals surface area contributed by atoms with Crippen LogP contribution in [0.3, 0.4) is 0 Å². The van der Waals surface area contributed by atoms with Crippen molar-refractivity contribution in [1.82, 2.24) is 4.90 Å². The summed E-state index contributed by atoms with van der Waals surface area (Å²) in [6.07, 6.45) is 5.65. The van der Waals surface area contributed by atoms with Crippen LogP contribution in [0.4, 0.5) is 0 Å². The number of hydrogen-bond acceptors (Lipinski definition) is 9. The molecule has 0 aliphatic heterocycles. The molecule has 8 atom stereocenters. The molecule has 0 radical (unpaired) electrons. The number of nitrogens with zero attached hydrogens (tertiary/aromatic N) is 1. The third kappa shape index (κ3) is 17.8. The van der Waals surface area contributed by atoms with E-state index in [4.69, 9.17) is 0 Å². The second-order valence-corrected chi connectivity index (χ2v) is 10.9. The topological polar surface area (TPSA) is 165 Å². The quantitative estimate of drug-likeness (QED) is 0.0809. The molecule has 0 aliphatic rings. The van der Waals surface area contributed by atoms with Crippen LogP contribution in [-0.2, 0) is 0 Å². The van der Waals surface area contributed by atoms with E-state index in [2.05, 4.69) is 6.92 Å². The highest BCUT2D eigenvalue weighted by molar-refractivity contribution is 4.84. The highest BCUT2D eigenvalue weighted by Crippen LogP contribution is 2.15. The summed E-state index contributed by atoms with van der Waals surface area (Å²) in [4.78, 5) is 1.66. The monoisotopic (exact) mass is 537 g/mol. The smallest absolute Gasteiger partial charge is 0.109 e. The number of rotatable bonds is 25. The molecule has 224 valence electrons. The fraction of sp³-hybridized carbons (Fsp3) is 1.00. The van der Waals surface area contributed by atoms with Gasteiger partial charge in [-0.25, -0.2) is 0 Å². The third-order valence-electron chi connectivity index (χ3n) is 7.20. The van der Waals surface area contributed by atoms with Gasteiger partial charge in [-0.2, -0.15) is 0 Å². The summed E-state index contributed by atoms with van der Waals surface area (Å²) in [6, 6.07) is 0. The molecule has 0 aromatic carbocycles. The molecule has 0 aromatic heterocycles. The maximum absolute atomic E-state index is 10.4. The van der Waals surface area contributed by atoms with Crippen molar-refractivity contribution in [1.29, 1.82) is 0 Å². The standard InChI is InChI=1S/C28H59NO8/c1-4-5-6-7-8-9-10-11-12-13-14-15-16-17-18-29(19-23(32)27(36)25(34)21(2)30)20-24(33)28(37)26(35)22(3)31/h21-28,30-37H,4-20H2,1-3H3/t21-,22-,23-,24-,25-,26-,27-,28-/m0/s1. The second kappa shape index (κ2) is 22.5. The zero-order chi connectivity index (χ0) is 28.2. The summed E-state index contributed by atoms with van der Waals surface area (Å²) in [6.45, 7) is 5.13. The van der Waals surface area contributed by atoms with Crippen LogP contribution >= 0.6 is 0 Å². The lowest BCUT2D eigenvalue weighted by Crippen LogP contribution is -2.52. The van der Waals surface area contributed by atoms with Crippen molar-refractivity contribution < 1.29 is 40.9 Å². The Balaban J connectivity index is 4.41. The summed E-state index contributed by atoms with van der Waals surface area (Å²) < 4.78 is 0. The molecule has 9 nitrogen and oxygen atoms in total. The number of unbranched alkanes of at least 4 members (excludes halogenated alkanes) is 13. The maximum atomic E-state index is 10.4. The van der Waals surface area contributed by atoms with Gasteiger partial charge in [-0.15, -0.1) is 0 Å². The Labute approximate surface area is 225 Å². The Morgan fingerprint density at radius 1 is 0.432 bits per heavy atom. The summed E-state index contributed by atoms with van der Waals surface area (Å²) in [5.41, 5.74) is 0. The van der Waals surface area contributed by atoms with Gasteiger partial charge in [-0.1, -0.05) is 90.4 Å². The van der Waals surface area contributed by atoms with Crippen LogP contribution in [0.5, 0.6) is 0 Å². The van der Waals surface area contributed by atoms with E-state index in [9.17, 15) is 40.9 Å². The first-order valence-electron chi connectivity index (χ1n) is 14.7. The summed E-state index contributed by atoms with van der Waals surface area (Å²) >= 11 is 0. The van der Waals surface area contributed by atoms with Crippen molar-refractivity contribution >= 4 is 0 Å². The molecule has 0 saturated carbocycles. The molecule has 0 unspecified atom stereocenters. The van der Waals surface area contributed by atoms with E-state index in [0.717, 1.165) is 25.7 Å². The molecule has 0 saturated heterocycles. The van der Waals surface area contributed by atoms with Crippen LogP contribution in [0.1, 0.15) is 111 Å². The fourth-order valence-corrected chi connectivity index (χ4v) is 4.56. The predicted molar refractivity (Wildman–Crippen MR) is 146 cm³/mol. The van der Waals surface area contributed by atoms with Gasteiger partial charge in [0.1, 0.15) is 24.4 Å². The van der Waals surface area contributed by atoms with Gasteiger partial charge in [0.25, 0.3) is 0 Å². The third-order valence-corrected chi connectivity index (χ3v) is 7.20. The molecule has 8 N–H and O–H groups in total. The molecule has 0 fully saturated rings. The van der Waals surface area contributed by atoms with E-state index < -0.39 is 48.8 Å². The second-order valence-electron chi connectivity index (χ2n) is 10.9. The van der Waals surface area contributed by atoms with E-state index in [1.165, 1.54) is 78.1 Å². The van der Waals surface area contributed by atoms with Crippen molar-refractivity contribution in [2.75, 3.05) is 19.6 Å². The molecule has 0 heterocycles. The highest BCUT2D eigenvalue weighted by atomic mass is 16.4. The van der Waals surface area contributed by atoms with Gasteiger partial charge < -0.3 is 40.9 Å². The van der Waals surface area contributed by atoms with Gasteiger partial charge >= 0.3 is 0 Å². The van der Waals surface area contributed by atoms with Gasteiger partial charge in [0, 0.05) is 13.1 Å². The number of hydrogen-bond donors (Lipinski definition) is 8. The molecule has 0 aliphatic carbocycles. The SMILES string of the molecule is CCCCCCCCCCCCCCCCN(C[C@H](O)[C@H](O)[C@@H](O)[C@H](C)O)C[C@H](O)[C@H](O)[C@@H](O)[C@H](C)O. The Hall–Kier alpha value is -0.360. The summed E-state index contributed by atoms with van der Waals surface area (Å²) in [5, 5.41) is 79.7. The van der Waals surface area contributed by atoms with Crippen LogP contribution in [0.25, 0.3) is 0 Å². The molecule has 0 aromatic rings. The number of aliphatic hydroxyl groups is 8. The Kier molecular flexibility index (Phi) is 22.2. The van der Waals surface area contributed by atoms with E-state index >= 15 is 0 Å². The lowest BCUT2D eigenvalue weighted by molar-refractivity contribution is -0.119. The van der Waals surface area contributed by atoms with Gasteiger partial charge in [0.2, 0.25) is 0 Å². The zero-order valence-corrected chi connectivity index (χ0v) is 23.7. The van der Waals surface area contributed by atoms with Gasteiger partial charge in [0.05, 0.1) is 24.4 Å². The minimum absolute atomic E-state index is 0.0993. The van der Waals surface area contributed by atoms with Crippen LogP contribution in [-0.4, -0.2) is 114 Å². The molecular weight excluding hydrogens is 478 g/mol. The average molecular weight is 538 g/mol. The first-order chi connectivity index (χ1) is 17.5. The minimum Gasteiger partial charge on any atom is -0.391 e. The predicted octanol–water partition coefficient (Wildman–Crippen LogP) is 1.70. The normalized spacial score (nSPS) is 18.8. The largest absolute Gasteiger partial charge is 0.391 e. The van der Waals surface area contributed by atoms with Crippen LogP contribution in [0.15, 0.2) is 0 Å². The first-order valence-corrected chi connectivity index (χ1v) is 14.7. The van der Waals surface area contributed by atoms with Crippen molar-refractivity contribution in [3.63, 3.8) is 0 Å². The van der Waals surface area contributed by atoms with Crippen molar-refractivity contribution in [2.24, 2.45) is 0 Å². The Morgan fingerprint density at radius 3 is 1.03 bits per heavy atom. The Bertz CT molecular complexity index is 483. The van der Waals surface area contributed by atoms with Crippen LogP contribution in [0.2, 0.25) is 0 Å². The van der Waals surface area contributed by atoms with Gasteiger partial charge in [-0.05, 0) is 26.8 Å². The average Bonchev–Trinajstić information content (AvgIpc) is 2.86. The van der Waals surface area contributed by atoms with E-state index in [0.29, 0.717) is 6.54 Å². The van der Waals surface area contributed by atoms with E-state index in [1.54, 1.807) is 4.90 Å². The number of aliphatic hydroxyl groups excluding tert-OH is 8. The van der Waals surface area contributed by atoms with Gasteiger partial charge in [-0.3, -0.25) is 4.90 Å². The van der Waals surface area contributed by atoms with E-state index in [1.807, 2.05) is 0 Å². The lowest BCUT2D eigenvalue weighted by atomic mass is 10.0. The molecular formula is C28H59NO8. The van der Waals surface area contributed by atoms with E-state index in [-0.39, 0.29) is 13.1 Å². The zero-order valence-electron chi connectivity index (χ0n) is 23.7. The highest BCUT2D eigenvalue weighted by Gasteiger charge is 2.32. The Morgan fingerprint density at radius 2 is 0.730 bits per heavy atom. The minimum atomic E-state index is -1.58. The van der Waals surface area contributed by atoms with Crippen LogP contribution < -0.4 is 0 Å². The summed E-state index contributed by atoms with van der Waals surface area (Å²) in [5.74, 6) is 0. The van der Waals surface area contributed by atoms with Gasteiger partial charge in [0.15, 0.2) is 0 Å². The van der Waals surface area contributed by atoms with Crippen LogP contribution in [0, 0.1) is 0 Å². The molecule has 9 heteroatoms. The maximum Gasteiger partial charge on any atom is 0.109 e.